The van der Waals surface area contributed by atoms with Crippen molar-refractivity contribution in [3.8, 4) is 0 Å². The number of rotatable bonds is 3. The highest BCUT2D eigenvalue weighted by Gasteiger charge is 2.11. The fourth-order valence-electron chi connectivity index (χ4n) is 1.75. The first kappa shape index (κ1) is 11.9. The van der Waals surface area contributed by atoms with Gasteiger partial charge >= 0.3 is 11.4 Å². The Balaban J connectivity index is 2.81. The molecular formula is C12H12ClNO3. The lowest BCUT2D eigenvalue weighted by molar-refractivity contribution is 0.412. The summed E-state index contributed by atoms with van der Waals surface area (Å²) in [7, 11) is 0. The van der Waals surface area contributed by atoms with E-state index in [0.717, 1.165) is 12.8 Å². The molecule has 0 aliphatic carbocycles. The van der Waals surface area contributed by atoms with Crippen molar-refractivity contribution in [1.82, 2.24) is 4.57 Å². The molecule has 90 valence electrons. The van der Waals surface area contributed by atoms with Crippen LogP contribution in [-0.2, 0) is 6.54 Å². The SMILES string of the molecule is CCCCn1c(=O)oc(=O)c2cccc(Cl)c21. The van der Waals surface area contributed by atoms with Crippen LogP contribution in [0.25, 0.3) is 10.9 Å². The standard InChI is InChI=1S/C12H12ClNO3/c1-2-3-7-14-10-8(5-4-6-9(10)13)11(15)17-12(14)16/h4-6H,2-3,7H2,1H3. The van der Waals surface area contributed by atoms with Crippen molar-refractivity contribution in [3.63, 3.8) is 0 Å². The van der Waals surface area contributed by atoms with Gasteiger partial charge in [0.1, 0.15) is 0 Å². The van der Waals surface area contributed by atoms with Gasteiger partial charge in [-0.2, -0.15) is 0 Å². The van der Waals surface area contributed by atoms with Gasteiger partial charge in [0.2, 0.25) is 0 Å². The first-order valence-corrected chi connectivity index (χ1v) is 5.85. The summed E-state index contributed by atoms with van der Waals surface area (Å²) in [4.78, 5) is 23.2. The quantitative estimate of drug-likeness (QED) is 0.844. The first-order chi connectivity index (χ1) is 8.15. The van der Waals surface area contributed by atoms with Crippen LogP contribution in [0.2, 0.25) is 5.02 Å². The van der Waals surface area contributed by atoms with E-state index >= 15 is 0 Å². The second-order valence-electron chi connectivity index (χ2n) is 3.80. The van der Waals surface area contributed by atoms with Crippen molar-refractivity contribution in [1.29, 1.82) is 0 Å². The Morgan fingerprint density at radius 3 is 2.82 bits per heavy atom. The maximum Gasteiger partial charge on any atom is 0.422 e. The van der Waals surface area contributed by atoms with Gasteiger partial charge in [-0.15, -0.1) is 0 Å². The lowest BCUT2D eigenvalue weighted by Crippen LogP contribution is -2.25. The van der Waals surface area contributed by atoms with Gasteiger partial charge < -0.3 is 4.42 Å². The zero-order chi connectivity index (χ0) is 12.4. The van der Waals surface area contributed by atoms with Crippen molar-refractivity contribution < 1.29 is 4.42 Å². The van der Waals surface area contributed by atoms with E-state index < -0.39 is 11.4 Å². The fourth-order valence-corrected chi connectivity index (χ4v) is 2.03. The predicted octanol–water partition coefficient (Wildman–Crippen LogP) is 2.41. The Labute approximate surface area is 102 Å². The highest BCUT2D eigenvalue weighted by molar-refractivity contribution is 6.35. The van der Waals surface area contributed by atoms with E-state index in [9.17, 15) is 9.59 Å². The highest BCUT2D eigenvalue weighted by atomic mass is 35.5. The van der Waals surface area contributed by atoms with E-state index in [4.69, 9.17) is 11.6 Å². The molecule has 1 aromatic heterocycles. The Morgan fingerprint density at radius 2 is 2.12 bits per heavy atom. The van der Waals surface area contributed by atoms with Gasteiger partial charge in [0.05, 0.1) is 15.9 Å². The number of aryl methyl sites for hydroxylation is 1. The molecule has 0 unspecified atom stereocenters. The molecule has 0 spiro atoms. The second-order valence-corrected chi connectivity index (χ2v) is 4.20. The molecule has 17 heavy (non-hydrogen) atoms. The van der Waals surface area contributed by atoms with Crippen LogP contribution in [0.15, 0.2) is 32.2 Å². The zero-order valence-corrected chi connectivity index (χ0v) is 10.2. The van der Waals surface area contributed by atoms with Gasteiger partial charge in [-0.05, 0) is 18.6 Å². The third kappa shape index (κ3) is 2.13. The number of hydrogen-bond donors (Lipinski definition) is 0. The molecule has 2 aromatic rings. The number of halogens is 1. The van der Waals surface area contributed by atoms with Gasteiger partial charge in [0, 0.05) is 6.54 Å². The van der Waals surface area contributed by atoms with Crippen molar-refractivity contribution in [3.05, 3.63) is 44.2 Å². The van der Waals surface area contributed by atoms with Gasteiger partial charge in [-0.1, -0.05) is 31.0 Å². The van der Waals surface area contributed by atoms with Crippen LogP contribution in [-0.4, -0.2) is 4.57 Å². The van der Waals surface area contributed by atoms with Gasteiger partial charge in [0.25, 0.3) is 0 Å². The van der Waals surface area contributed by atoms with E-state index in [-0.39, 0.29) is 0 Å². The molecule has 0 aliphatic rings. The largest absolute Gasteiger partial charge is 0.422 e. The van der Waals surface area contributed by atoms with Crippen molar-refractivity contribution in [2.45, 2.75) is 26.3 Å². The van der Waals surface area contributed by atoms with Crippen molar-refractivity contribution in [2.24, 2.45) is 0 Å². The minimum atomic E-state index is -0.649. The monoisotopic (exact) mass is 253 g/mol. The summed E-state index contributed by atoms with van der Waals surface area (Å²) in [5, 5.41) is 0.733. The van der Waals surface area contributed by atoms with E-state index in [1.165, 1.54) is 4.57 Å². The topological polar surface area (TPSA) is 52.2 Å². The third-order valence-corrected chi connectivity index (χ3v) is 2.92. The fraction of sp³-hybridized carbons (Fsp3) is 0.333. The molecule has 1 heterocycles. The minimum Gasteiger partial charge on any atom is -0.372 e. The van der Waals surface area contributed by atoms with Crippen molar-refractivity contribution >= 4 is 22.5 Å². The molecule has 0 N–H and O–H groups in total. The maximum atomic E-state index is 11.6. The molecule has 2 rings (SSSR count). The van der Waals surface area contributed by atoms with Crippen molar-refractivity contribution in [2.75, 3.05) is 0 Å². The highest BCUT2D eigenvalue weighted by Crippen LogP contribution is 2.19. The molecule has 0 radical (unpaired) electrons. The van der Waals surface area contributed by atoms with E-state index in [1.54, 1.807) is 18.2 Å². The minimum absolute atomic E-state index is 0.341. The molecule has 4 nitrogen and oxygen atoms in total. The Bertz CT molecular complexity index is 657. The van der Waals surface area contributed by atoms with Crippen LogP contribution in [0.4, 0.5) is 0 Å². The molecule has 0 bridgehead atoms. The Hall–Kier alpha value is -1.55. The summed E-state index contributed by atoms with van der Waals surface area (Å²) in [6, 6.07) is 4.93. The van der Waals surface area contributed by atoms with Crippen LogP contribution in [0.3, 0.4) is 0 Å². The number of nitrogens with zero attached hydrogens (tertiary/aromatic N) is 1. The lowest BCUT2D eigenvalue weighted by atomic mass is 10.2. The smallest absolute Gasteiger partial charge is 0.372 e. The summed E-state index contributed by atoms with van der Waals surface area (Å²) in [6.45, 7) is 2.52. The lowest BCUT2D eigenvalue weighted by Gasteiger charge is -2.08. The van der Waals surface area contributed by atoms with Crippen LogP contribution in [0, 0.1) is 0 Å². The molecular weight excluding hydrogens is 242 g/mol. The summed E-state index contributed by atoms with van der Waals surface area (Å²) < 4.78 is 6.09. The zero-order valence-electron chi connectivity index (χ0n) is 9.40. The van der Waals surface area contributed by atoms with Crippen LogP contribution in [0.5, 0.6) is 0 Å². The number of benzene rings is 1. The molecule has 0 saturated heterocycles. The normalized spacial score (nSPS) is 10.9. The number of unbranched alkanes of at least 4 members (excludes halogenated alkanes) is 1. The molecule has 0 atom stereocenters. The van der Waals surface area contributed by atoms with Gasteiger partial charge in [0.15, 0.2) is 0 Å². The summed E-state index contributed by atoms with van der Waals surface area (Å²) in [6.07, 6.45) is 1.77. The van der Waals surface area contributed by atoms with Crippen LogP contribution in [0.1, 0.15) is 19.8 Å². The molecule has 0 aliphatic heterocycles. The van der Waals surface area contributed by atoms with E-state index in [0.29, 0.717) is 22.5 Å². The Morgan fingerprint density at radius 1 is 1.35 bits per heavy atom. The maximum absolute atomic E-state index is 11.6. The summed E-state index contributed by atoms with van der Waals surface area (Å²) in [5.74, 6) is -0.649. The molecule has 0 fully saturated rings. The first-order valence-electron chi connectivity index (χ1n) is 5.47. The molecule has 0 amide bonds. The number of para-hydroxylation sites is 1. The molecule has 0 saturated carbocycles. The predicted molar refractivity (Wildman–Crippen MR) is 66.7 cm³/mol. The molecule has 5 heteroatoms. The van der Waals surface area contributed by atoms with E-state index in [1.807, 2.05) is 6.92 Å². The van der Waals surface area contributed by atoms with Gasteiger partial charge in [-0.3, -0.25) is 4.57 Å². The molecule has 1 aromatic carbocycles. The summed E-state index contributed by atoms with van der Waals surface area (Å²) in [5.41, 5.74) is -0.177. The number of hydrogen-bond acceptors (Lipinski definition) is 3. The summed E-state index contributed by atoms with van der Waals surface area (Å²) >= 11 is 6.04. The number of fused-ring (bicyclic) bond motifs is 1. The average molecular weight is 254 g/mol. The van der Waals surface area contributed by atoms with Gasteiger partial charge in [-0.25, -0.2) is 9.59 Å². The number of aromatic nitrogens is 1. The van der Waals surface area contributed by atoms with Crippen LogP contribution < -0.4 is 11.4 Å². The van der Waals surface area contributed by atoms with E-state index in [2.05, 4.69) is 4.42 Å². The third-order valence-electron chi connectivity index (χ3n) is 2.61. The van der Waals surface area contributed by atoms with Crippen LogP contribution >= 0.6 is 11.6 Å². The Kier molecular flexibility index (Phi) is 3.33. The average Bonchev–Trinajstić information content (AvgIpc) is 2.30. The second kappa shape index (κ2) is 4.75.